The molecule has 5 nitrogen and oxygen atoms in total. The molecule has 0 aliphatic rings. The average molecular weight is 209 g/mol. The monoisotopic (exact) mass is 209 g/mol. The zero-order valence-corrected chi connectivity index (χ0v) is 8.23. The first kappa shape index (κ1) is 11.2. The lowest BCUT2D eigenvalue weighted by Crippen LogP contribution is -2.14. The fraction of sp³-hybridized carbons (Fsp3) is 0.200. The maximum atomic E-state index is 11.4. The Balaban J connectivity index is 2.95. The number of ether oxygens (including phenoxy) is 2. The Labute approximate surface area is 86.8 Å². The molecule has 0 unspecified atom stereocenters. The first-order valence-corrected chi connectivity index (χ1v) is 4.29. The van der Waals surface area contributed by atoms with Crippen molar-refractivity contribution in [2.75, 3.05) is 6.73 Å². The second kappa shape index (κ2) is 5.11. The SMILES string of the molecule is CC(=O)Oc1ccccc1C(=O)OCN. The summed E-state index contributed by atoms with van der Waals surface area (Å²) in [6.07, 6.45) is 0. The van der Waals surface area contributed by atoms with Crippen molar-refractivity contribution in [2.24, 2.45) is 5.73 Å². The molecule has 1 aromatic rings. The van der Waals surface area contributed by atoms with Gasteiger partial charge in [0.15, 0.2) is 0 Å². The molecule has 1 aromatic carbocycles. The number of esters is 2. The Kier molecular flexibility index (Phi) is 3.82. The summed E-state index contributed by atoms with van der Waals surface area (Å²) in [6.45, 7) is 1.04. The van der Waals surface area contributed by atoms with Crippen molar-refractivity contribution in [1.82, 2.24) is 0 Å². The van der Waals surface area contributed by atoms with Crippen LogP contribution in [0.3, 0.4) is 0 Å². The Morgan fingerprint density at radius 1 is 1.33 bits per heavy atom. The van der Waals surface area contributed by atoms with E-state index in [2.05, 4.69) is 4.74 Å². The predicted octanol–water partition coefficient (Wildman–Crippen LogP) is 0.685. The van der Waals surface area contributed by atoms with Gasteiger partial charge in [-0.25, -0.2) is 4.79 Å². The quantitative estimate of drug-likeness (QED) is 0.450. The van der Waals surface area contributed by atoms with Gasteiger partial charge in [-0.1, -0.05) is 12.1 Å². The van der Waals surface area contributed by atoms with E-state index < -0.39 is 11.9 Å². The largest absolute Gasteiger partial charge is 0.446 e. The predicted molar refractivity (Wildman–Crippen MR) is 52.2 cm³/mol. The number of carbonyl (C=O) groups excluding carboxylic acids is 2. The lowest BCUT2D eigenvalue weighted by atomic mass is 10.2. The molecule has 0 aliphatic heterocycles. The summed E-state index contributed by atoms with van der Waals surface area (Å²) in [4.78, 5) is 22.1. The molecule has 0 fully saturated rings. The molecule has 0 aliphatic carbocycles. The highest BCUT2D eigenvalue weighted by Gasteiger charge is 2.13. The number of para-hydroxylation sites is 1. The summed E-state index contributed by atoms with van der Waals surface area (Å²) in [7, 11) is 0. The van der Waals surface area contributed by atoms with E-state index in [0.29, 0.717) is 0 Å². The van der Waals surface area contributed by atoms with Gasteiger partial charge in [-0.3, -0.25) is 10.5 Å². The highest BCUT2D eigenvalue weighted by atomic mass is 16.6. The number of benzene rings is 1. The van der Waals surface area contributed by atoms with Crippen LogP contribution >= 0.6 is 0 Å². The lowest BCUT2D eigenvalue weighted by Gasteiger charge is -2.07. The molecule has 2 N–H and O–H groups in total. The Morgan fingerprint density at radius 3 is 2.60 bits per heavy atom. The molecular weight excluding hydrogens is 198 g/mol. The third kappa shape index (κ3) is 3.07. The van der Waals surface area contributed by atoms with Crippen LogP contribution in [-0.2, 0) is 9.53 Å². The average Bonchev–Trinajstić information content (AvgIpc) is 2.18. The van der Waals surface area contributed by atoms with Crippen molar-refractivity contribution in [3.63, 3.8) is 0 Å². The molecular formula is C10H11NO4. The molecule has 80 valence electrons. The minimum atomic E-state index is -0.616. The van der Waals surface area contributed by atoms with Crippen molar-refractivity contribution in [1.29, 1.82) is 0 Å². The van der Waals surface area contributed by atoms with Crippen molar-refractivity contribution in [3.05, 3.63) is 29.8 Å². The molecule has 0 heterocycles. The fourth-order valence-corrected chi connectivity index (χ4v) is 1.03. The van der Waals surface area contributed by atoms with Crippen LogP contribution in [0.4, 0.5) is 0 Å². The van der Waals surface area contributed by atoms with Gasteiger partial charge in [-0.15, -0.1) is 0 Å². The molecule has 1 rings (SSSR count). The summed E-state index contributed by atoms with van der Waals surface area (Å²) in [5, 5.41) is 0. The smallest absolute Gasteiger partial charge is 0.343 e. The van der Waals surface area contributed by atoms with E-state index in [9.17, 15) is 9.59 Å². The first-order valence-electron chi connectivity index (χ1n) is 4.29. The van der Waals surface area contributed by atoms with Crippen LogP contribution in [0.2, 0.25) is 0 Å². The van der Waals surface area contributed by atoms with E-state index in [1.807, 2.05) is 0 Å². The van der Waals surface area contributed by atoms with Gasteiger partial charge >= 0.3 is 11.9 Å². The molecule has 0 bridgehead atoms. The van der Waals surface area contributed by atoms with Crippen LogP contribution in [0.5, 0.6) is 5.75 Å². The minimum absolute atomic E-state index is 0.170. The fourth-order valence-electron chi connectivity index (χ4n) is 1.03. The van der Waals surface area contributed by atoms with Crippen LogP contribution in [0.25, 0.3) is 0 Å². The van der Waals surface area contributed by atoms with E-state index in [1.165, 1.54) is 19.1 Å². The van der Waals surface area contributed by atoms with E-state index in [1.54, 1.807) is 12.1 Å². The summed E-state index contributed by atoms with van der Waals surface area (Å²) in [5.41, 5.74) is 5.25. The Bertz CT molecular complexity index is 375. The van der Waals surface area contributed by atoms with Gasteiger partial charge in [0.2, 0.25) is 0 Å². The van der Waals surface area contributed by atoms with Gasteiger partial charge in [-0.2, -0.15) is 0 Å². The van der Waals surface area contributed by atoms with Gasteiger partial charge < -0.3 is 9.47 Å². The number of rotatable bonds is 3. The van der Waals surface area contributed by atoms with E-state index in [0.717, 1.165) is 0 Å². The summed E-state index contributed by atoms with van der Waals surface area (Å²) < 4.78 is 9.43. The number of hydrogen-bond donors (Lipinski definition) is 1. The van der Waals surface area contributed by atoms with Crippen LogP contribution in [-0.4, -0.2) is 18.7 Å². The number of carbonyl (C=O) groups is 2. The van der Waals surface area contributed by atoms with Gasteiger partial charge in [0.05, 0.1) is 0 Å². The van der Waals surface area contributed by atoms with Crippen molar-refractivity contribution < 1.29 is 19.1 Å². The highest BCUT2D eigenvalue weighted by Crippen LogP contribution is 2.18. The van der Waals surface area contributed by atoms with Gasteiger partial charge in [0.1, 0.15) is 18.0 Å². The maximum Gasteiger partial charge on any atom is 0.343 e. The Morgan fingerprint density at radius 2 is 2.00 bits per heavy atom. The van der Waals surface area contributed by atoms with Gasteiger partial charge in [-0.05, 0) is 12.1 Å². The van der Waals surface area contributed by atoms with E-state index in [-0.39, 0.29) is 18.0 Å². The maximum absolute atomic E-state index is 11.4. The first-order chi connectivity index (χ1) is 7.15. The molecule has 0 spiro atoms. The molecule has 5 heteroatoms. The normalized spacial score (nSPS) is 9.47. The van der Waals surface area contributed by atoms with Crippen molar-refractivity contribution in [3.8, 4) is 5.75 Å². The summed E-state index contributed by atoms with van der Waals surface area (Å²) >= 11 is 0. The molecule has 0 aromatic heterocycles. The van der Waals surface area contributed by atoms with Crippen LogP contribution in [0.1, 0.15) is 17.3 Å². The van der Waals surface area contributed by atoms with Crippen LogP contribution in [0, 0.1) is 0 Å². The third-order valence-corrected chi connectivity index (χ3v) is 1.58. The highest BCUT2D eigenvalue weighted by molar-refractivity contribution is 5.93. The zero-order chi connectivity index (χ0) is 11.3. The second-order valence-electron chi connectivity index (χ2n) is 2.69. The second-order valence-corrected chi connectivity index (χ2v) is 2.69. The van der Waals surface area contributed by atoms with E-state index in [4.69, 9.17) is 10.5 Å². The Hall–Kier alpha value is -1.88. The van der Waals surface area contributed by atoms with Crippen molar-refractivity contribution >= 4 is 11.9 Å². The lowest BCUT2D eigenvalue weighted by molar-refractivity contribution is -0.131. The number of hydrogen-bond acceptors (Lipinski definition) is 5. The molecule has 0 saturated carbocycles. The van der Waals surface area contributed by atoms with Crippen molar-refractivity contribution in [2.45, 2.75) is 6.92 Å². The zero-order valence-electron chi connectivity index (χ0n) is 8.23. The molecule has 15 heavy (non-hydrogen) atoms. The number of nitrogens with two attached hydrogens (primary N) is 1. The molecule has 0 radical (unpaired) electrons. The summed E-state index contributed by atoms with van der Waals surface area (Å²) in [5.74, 6) is -0.944. The molecule has 0 saturated heterocycles. The topological polar surface area (TPSA) is 78.6 Å². The van der Waals surface area contributed by atoms with Crippen LogP contribution < -0.4 is 10.5 Å². The molecule has 0 amide bonds. The minimum Gasteiger partial charge on any atom is -0.446 e. The van der Waals surface area contributed by atoms with Gasteiger partial charge in [0.25, 0.3) is 0 Å². The van der Waals surface area contributed by atoms with Crippen LogP contribution in [0.15, 0.2) is 24.3 Å². The molecule has 0 atom stereocenters. The van der Waals surface area contributed by atoms with Gasteiger partial charge in [0, 0.05) is 6.92 Å². The standard InChI is InChI=1S/C10H11NO4/c1-7(12)15-9-5-3-2-4-8(9)10(13)14-6-11/h2-5H,6,11H2,1H3. The third-order valence-electron chi connectivity index (χ3n) is 1.58. The summed E-state index contributed by atoms with van der Waals surface area (Å²) in [6, 6.07) is 6.29. The van der Waals surface area contributed by atoms with E-state index >= 15 is 0 Å².